The number of nitrogens with zero attached hydrogens (tertiary/aromatic N) is 6. The van der Waals surface area contributed by atoms with E-state index in [9.17, 15) is 5.11 Å². The number of methoxy groups -OCH3 is 1. The number of benzene rings is 1. The van der Waals surface area contributed by atoms with Crippen LogP contribution in [0.2, 0.25) is 0 Å². The van der Waals surface area contributed by atoms with Crippen LogP contribution in [0.15, 0.2) is 30.6 Å². The van der Waals surface area contributed by atoms with Gasteiger partial charge in [0.05, 0.1) is 19.2 Å². The number of rotatable bonds is 8. The fourth-order valence-electron chi connectivity index (χ4n) is 4.73. The Labute approximate surface area is 193 Å². The molecule has 2 saturated heterocycles. The van der Waals surface area contributed by atoms with Crippen molar-refractivity contribution in [3.63, 3.8) is 0 Å². The van der Waals surface area contributed by atoms with Gasteiger partial charge in [-0.2, -0.15) is 10.1 Å². The molecule has 2 aliphatic rings. The SMILES string of the molecule is COc1cc2c(N3CCCCC3O)nc(-n3cccn3)nc2cc1OCCCN1CCCC1. The van der Waals surface area contributed by atoms with Crippen molar-refractivity contribution in [2.45, 2.75) is 44.8 Å². The molecule has 5 rings (SSSR count). The predicted molar refractivity (Wildman–Crippen MR) is 126 cm³/mol. The smallest absolute Gasteiger partial charge is 0.253 e. The number of likely N-dealkylation sites (tertiary alicyclic amines) is 1. The average molecular weight is 453 g/mol. The number of aromatic nitrogens is 4. The summed E-state index contributed by atoms with van der Waals surface area (Å²) in [5.74, 6) is 2.47. The van der Waals surface area contributed by atoms with E-state index in [0.717, 1.165) is 49.7 Å². The molecule has 0 radical (unpaired) electrons. The lowest BCUT2D eigenvalue weighted by molar-refractivity contribution is 0.139. The molecule has 1 unspecified atom stereocenters. The average Bonchev–Trinajstić information content (AvgIpc) is 3.56. The second kappa shape index (κ2) is 9.93. The van der Waals surface area contributed by atoms with E-state index >= 15 is 0 Å². The largest absolute Gasteiger partial charge is 0.493 e. The van der Waals surface area contributed by atoms with E-state index < -0.39 is 6.23 Å². The predicted octanol–water partition coefficient (Wildman–Crippen LogP) is 3.00. The number of hydrogen-bond acceptors (Lipinski definition) is 8. The van der Waals surface area contributed by atoms with E-state index in [-0.39, 0.29) is 0 Å². The van der Waals surface area contributed by atoms with Crippen LogP contribution >= 0.6 is 0 Å². The molecule has 9 heteroatoms. The van der Waals surface area contributed by atoms with Crippen LogP contribution in [0.25, 0.3) is 16.9 Å². The molecule has 3 aromatic rings. The number of piperidine rings is 1. The zero-order valence-corrected chi connectivity index (χ0v) is 19.2. The monoisotopic (exact) mass is 452 g/mol. The molecular weight excluding hydrogens is 420 g/mol. The summed E-state index contributed by atoms with van der Waals surface area (Å²) in [6, 6.07) is 5.68. The maximum Gasteiger partial charge on any atom is 0.253 e. The van der Waals surface area contributed by atoms with Crippen LogP contribution in [0.1, 0.15) is 38.5 Å². The Hall–Kier alpha value is -2.91. The van der Waals surface area contributed by atoms with Gasteiger partial charge in [-0.3, -0.25) is 0 Å². The van der Waals surface area contributed by atoms with Crippen LogP contribution in [-0.4, -0.2) is 75.9 Å². The van der Waals surface area contributed by atoms with Gasteiger partial charge in [-0.1, -0.05) is 0 Å². The minimum absolute atomic E-state index is 0.463. The van der Waals surface area contributed by atoms with Gasteiger partial charge in [-0.25, -0.2) is 9.67 Å². The van der Waals surface area contributed by atoms with Crippen LogP contribution in [0.4, 0.5) is 5.82 Å². The number of aliphatic hydroxyl groups excluding tert-OH is 1. The Balaban J connectivity index is 1.48. The third-order valence-corrected chi connectivity index (χ3v) is 6.48. The van der Waals surface area contributed by atoms with Gasteiger partial charge in [0.25, 0.3) is 5.95 Å². The second-order valence-corrected chi connectivity index (χ2v) is 8.74. The maximum absolute atomic E-state index is 10.7. The van der Waals surface area contributed by atoms with Crippen molar-refractivity contribution in [3.8, 4) is 17.4 Å². The number of aliphatic hydroxyl groups is 1. The highest BCUT2D eigenvalue weighted by Crippen LogP contribution is 2.37. The maximum atomic E-state index is 10.7. The number of ether oxygens (including phenoxy) is 2. The normalized spacial score (nSPS) is 19.3. The quantitative estimate of drug-likeness (QED) is 0.522. The van der Waals surface area contributed by atoms with Gasteiger partial charge in [0, 0.05) is 36.9 Å². The minimum atomic E-state index is -0.574. The first-order chi connectivity index (χ1) is 16.2. The van der Waals surface area contributed by atoms with Gasteiger partial charge in [0.2, 0.25) is 0 Å². The molecule has 0 bridgehead atoms. The third kappa shape index (κ3) is 4.74. The highest BCUT2D eigenvalue weighted by Gasteiger charge is 2.25. The van der Waals surface area contributed by atoms with E-state index in [0.29, 0.717) is 29.9 Å². The minimum Gasteiger partial charge on any atom is -0.493 e. The Morgan fingerprint density at radius 1 is 1.06 bits per heavy atom. The highest BCUT2D eigenvalue weighted by atomic mass is 16.5. The lowest BCUT2D eigenvalue weighted by Gasteiger charge is -2.33. The van der Waals surface area contributed by atoms with E-state index in [1.54, 1.807) is 18.0 Å². The second-order valence-electron chi connectivity index (χ2n) is 8.74. The Bertz CT molecular complexity index is 1070. The van der Waals surface area contributed by atoms with Gasteiger partial charge in [0.1, 0.15) is 12.0 Å². The summed E-state index contributed by atoms with van der Waals surface area (Å²) in [6.07, 6.45) is 9.24. The van der Waals surface area contributed by atoms with Crippen molar-refractivity contribution in [2.75, 3.05) is 44.8 Å². The van der Waals surface area contributed by atoms with E-state index in [1.165, 1.54) is 25.9 Å². The highest BCUT2D eigenvalue weighted by molar-refractivity contribution is 5.92. The molecule has 0 saturated carbocycles. The Morgan fingerprint density at radius 3 is 2.67 bits per heavy atom. The Kier molecular flexibility index (Phi) is 6.59. The third-order valence-electron chi connectivity index (χ3n) is 6.48. The van der Waals surface area contributed by atoms with Crippen LogP contribution in [0, 0.1) is 0 Å². The van der Waals surface area contributed by atoms with Crippen molar-refractivity contribution >= 4 is 16.7 Å². The summed E-state index contributed by atoms with van der Waals surface area (Å²) in [6.45, 7) is 4.80. The lowest BCUT2D eigenvalue weighted by Crippen LogP contribution is -2.40. The zero-order chi connectivity index (χ0) is 22.6. The van der Waals surface area contributed by atoms with Gasteiger partial charge in [-0.15, -0.1) is 0 Å². The summed E-state index contributed by atoms with van der Waals surface area (Å²) >= 11 is 0. The summed E-state index contributed by atoms with van der Waals surface area (Å²) in [7, 11) is 1.65. The van der Waals surface area contributed by atoms with Gasteiger partial charge in [0.15, 0.2) is 11.5 Å². The first-order valence-corrected chi connectivity index (χ1v) is 11.9. The molecule has 1 atom stereocenters. The Morgan fingerprint density at radius 2 is 1.91 bits per heavy atom. The molecule has 33 heavy (non-hydrogen) atoms. The number of fused-ring (bicyclic) bond motifs is 1. The van der Waals surface area contributed by atoms with Gasteiger partial charge in [-0.05, 0) is 63.7 Å². The standard InChI is InChI=1S/C24H32N6O3/c1-32-20-16-18-19(17-21(20)33-15-7-12-28-10-4-5-11-28)26-24(30-14-6-9-25-30)27-23(18)29-13-3-2-8-22(29)31/h6,9,14,16-17,22,31H,2-5,7-8,10-13,15H2,1H3. The molecule has 2 aliphatic heterocycles. The zero-order valence-electron chi connectivity index (χ0n) is 19.2. The molecular formula is C24H32N6O3. The van der Waals surface area contributed by atoms with E-state index in [1.807, 2.05) is 29.3 Å². The molecule has 4 heterocycles. The molecule has 9 nitrogen and oxygen atoms in total. The van der Waals surface area contributed by atoms with Crippen molar-refractivity contribution < 1.29 is 14.6 Å². The first kappa shape index (κ1) is 21.9. The molecule has 0 amide bonds. The number of hydrogen-bond donors (Lipinski definition) is 1. The van der Waals surface area contributed by atoms with Crippen molar-refractivity contribution in [1.82, 2.24) is 24.6 Å². The summed E-state index contributed by atoms with van der Waals surface area (Å²) < 4.78 is 13.4. The van der Waals surface area contributed by atoms with E-state index in [4.69, 9.17) is 19.4 Å². The molecule has 0 aliphatic carbocycles. The van der Waals surface area contributed by atoms with Crippen LogP contribution in [-0.2, 0) is 0 Å². The van der Waals surface area contributed by atoms with Gasteiger partial charge < -0.3 is 24.4 Å². The van der Waals surface area contributed by atoms with Crippen molar-refractivity contribution in [3.05, 3.63) is 30.6 Å². The van der Waals surface area contributed by atoms with Crippen molar-refractivity contribution in [2.24, 2.45) is 0 Å². The van der Waals surface area contributed by atoms with Crippen LogP contribution in [0.5, 0.6) is 11.5 Å². The first-order valence-electron chi connectivity index (χ1n) is 11.9. The summed E-state index contributed by atoms with van der Waals surface area (Å²) in [5.41, 5.74) is 0.735. The van der Waals surface area contributed by atoms with Gasteiger partial charge >= 0.3 is 0 Å². The molecule has 1 N–H and O–H groups in total. The van der Waals surface area contributed by atoms with E-state index in [2.05, 4.69) is 10.00 Å². The lowest BCUT2D eigenvalue weighted by atomic mass is 10.1. The molecule has 2 aromatic heterocycles. The molecule has 176 valence electrons. The van der Waals surface area contributed by atoms with Crippen LogP contribution < -0.4 is 14.4 Å². The van der Waals surface area contributed by atoms with Crippen LogP contribution in [0.3, 0.4) is 0 Å². The topological polar surface area (TPSA) is 88.8 Å². The fourth-order valence-corrected chi connectivity index (χ4v) is 4.73. The summed E-state index contributed by atoms with van der Waals surface area (Å²) in [4.78, 5) is 14.0. The number of anilines is 1. The molecule has 1 aromatic carbocycles. The molecule has 0 spiro atoms. The fraction of sp³-hybridized carbons (Fsp3) is 0.542. The summed E-state index contributed by atoms with van der Waals surface area (Å²) in [5, 5.41) is 15.8. The molecule has 2 fully saturated rings. The van der Waals surface area contributed by atoms with Crippen molar-refractivity contribution in [1.29, 1.82) is 0 Å².